The predicted octanol–water partition coefficient (Wildman–Crippen LogP) is 1.31. The molecular weight excluding hydrogens is 182 g/mol. The van der Waals surface area contributed by atoms with E-state index >= 15 is 0 Å². The zero-order chi connectivity index (χ0) is 10.3. The number of carbonyl (C=O) groups is 1. The van der Waals surface area contributed by atoms with E-state index in [-0.39, 0.29) is 6.54 Å². The maximum Gasteiger partial charge on any atom is 0.345 e. The van der Waals surface area contributed by atoms with Gasteiger partial charge in [0.2, 0.25) is 0 Å². The number of hydroxylamine groups is 2. The van der Waals surface area contributed by atoms with Crippen molar-refractivity contribution in [3.05, 3.63) is 23.3 Å². The molecule has 14 heavy (non-hydrogen) atoms. The van der Waals surface area contributed by atoms with Gasteiger partial charge in [-0.2, -0.15) is 0 Å². The standard InChI is InChI=1S/C9H11N3O2/c1-5-2-7(10)6-4-12(14)9(13)11-8(6)3-5/h2-3,14H,4,10H2,1H3,(H,11,13). The number of nitrogen functional groups attached to an aromatic ring is 1. The number of urea groups is 1. The molecule has 5 heteroatoms. The lowest BCUT2D eigenvalue weighted by molar-refractivity contribution is -0.0467. The number of carbonyl (C=O) groups excluding carboxylic acids is 1. The van der Waals surface area contributed by atoms with Gasteiger partial charge < -0.3 is 11.1 Å². The number of rotatable bonds is 0. The van der Waals surface area contributed by atoms with Gasteiger partial charge in [0.05, 0.1) is 6.54 Å². The van der Waals surface area contributed by atoms with Crippen molar-refractivity contribution >= 4 is 17.4 Å². The van der Waals surface area contributed by atoms with Crippen LogP contribution in [0.4, 0.5) is 16.2 Å². The maximum atomic E-state index is 11.1. The van der Waals surface area contributed by atoms with E-state index in [1.165, 1.54) is 0 Å². The molecule has 5 nitrogen and oxygen atoms in total. The number of anilines is 2. The van der Waals surface area contributed by atoms with E-state index in [4.69, 9.17) is 5.73 Å². The Labute approximate surface area is 81.1 Å². The lowest BCUT2D eigenvalue weighted by atomic mass is 10.1. The van der Waals surface area contributed by atoms with Gasteiger partial charge in [-0.25, -0.2) is 9.86 Å². The fourth-order valence-electron chi connectivity index (χ4n) is 1.53. The second-order valence-electron chi connectivity index (χ2n) is 3.37. The smallest absolute Gasteiger partial charge is 0.345 e. The van der Waals surface area contributed by atoms with Crippen LogP contribution in [0, 0.1) is 6.92 Å². The molecule has 0 saturated heterocycles. The summed E-state index contributed by atoms with van der Waals surface area (Å²) in [6.07, 6.45) is 0. The Kier molecular flexibility index (Phi) is 1.82. The number of nitrogens with two attached hydrogens (primary N) is 1. The molecule has 0 atom stereocenters. The molecule has 1 aromatic carbocycles. The van der Waals surface area contributed by atoms with Crippen molar-refractivity contribution in [1.82, 2.24) is 5.06 Å². The zero-order valence-corrected chi connectivity index (χ0v) is 7.74. The number of nitrogens with zero attached hydrogens (tertiary/aromatic N) is 1. The normalized spacial score (nSPS) is 15.0. The van der Waals surface area contributed by atoms with E-state index in [2.05, 4.69) is 5.32 Å². The second-order valence-corrected chi connectivity index (χ2v) is 3.37. The molecule has 0 bridgehead atoms. The highest BCUT2D eigenvalue weighted by atomic mass is 16.5. The minimum Gasteiger partial charge on any atom is -0.398 e. The molecule has 0 saturated carbocycles. The Morgan fingerprint density at radius 2 is 2.29 bits per heavy atom. The van der Waals surface area contributed by atoms with Crippen molar-refractivity contribution in [3.63, 3.8) is 0 Å². The van der Waals surface area contributed by atoms with Crippen LogP contribution >= 0.6 is 0 Å². The van der Waals surface area contributed by atoms with Gasteiger partial charge >= 0.3 is 6.03 Å². The maximum absolute atomic E-state index is 11.1. The summed E-state index contributed by atoms with van der Waals surface area (Å²) in [6, 6.07) is 3.11. The minimum absolute atomic E-state index is 0.132. The Balaban J connectivity index is 2.51. The minimum atomic E-state index is -0.525. The molecule has 1 heterocycles. The highest BCUT2D eigenvalue weighted by Crippen LogP contribution is 2.28. The van der Waals surface area contributed by atoms with Gasteiger partial charge in [-0.05, 0) is 24.6 Å². The third-order valence-corrected chi connectivity index (χ3v) is 2.21. The summed E-state index contributed by atoms with van der Waals surface area (Å²) in [5.41, 5.74) is 8.75. The van der Waals surface area contributed by atoms with Gasteiger partial charge in [0.25, 0.3) is 0 Å². The predicted molar refractivity (Wildman–Crippen MR) is 51.9 cm³/mol. The Hall–Kier alpha value is -1.75. The van der Waals surface area contributed by atoms with Crippen molar-refractivity contribution in [2.24, 2.45) is 0 Å². The van der Waals surface area contributed by atoms with Crippen molar-refractivity contribution < 1.29 is 10.0 Å². The topological polar surface area (TPSA) is 78.6 Å². The molecule has 1 aromatic rings. The molecule has 0 spiro atoms. The monoisotopic (exact) mass is 193 g/mol. The fourth-order valence-corrected chi connectivity index (χ4v) is 1.53. The highest BCUT2D eigenvalue weighted by Gasteiger charge is 2.22. The average Bonchev–Trinajstić information content (AvgIpc) is 2.08. The molecule has 1 aliphatic heterocycles. The van der Waals surface area contributed by atoms with Crippen LogP contribution < -0.4 is 11.1 Å². The van der Waals surface area contributed by atoms with Crippen LogP contribution in [0.5, 0.6) is 0 Å². The summed E-state index contributed by atoms with van der Waals surface area (Å²) < 4.78 is 0. The molecule has 4 N–H and O–H groups in total. The van der Waals surface area contributed by atoms with Gasteiger partial charge in [-0.1, -0.05) is 0 Å². The van der Waals surface area contributed by atoms with Crippen molar-refractivity contribution in [3.8, 4) is 0 Å². The van der Waals surface area contributed by atoms with E-state index in [1.54, 1.807) is 0 Å². The third kappa shape index (κ3) is 1.27. The van der Waals surface area contributed by atoms with Crippen LogP contribution in [0.25, 0.3) is 0 Å². The summed E-state index contributed by atoms with van der Waals surface area (Å²) in [4.78, 5) is 11.1. The van der Waals surface area contributed by atoms with Gasteiger partial charge in [-0.3, -0.25) is 5.21 Å². The van der Waals surface area contributed by atoms with Crippen LogP contribution in [-0.4, -0.2) is 16.3 Å². The van der Waals surface area contributed by atoms with E-state index in [1.807, 2.05) is 19.1 Å². The lowest BCUT2D eigenvalue weighted by Gasteiger charge is -2.25. The third-order valence-electron chi connectivity index (χ3n) is 2.21. The van der Waals surface area contributed by atoms with E-state index in [0.29, 0.717) is 16.4 Å². The first-order chi connectivity index (χ1) is 6.58. The van der Waals surface area contributed by atoms with Gasteiger partial charge in [0.1, 0.15) is 0 Å². The molecule has 0 aromatic heterocycles. The SMILES string of the molecule is Cc1cc(N)c2c(c1)NC(=O)N(O)C2. The summed E-state index contributed by atoms with van der Waals surface area (Å²) in [6.45, 7) is 2.03. The number of amides is 2. The molecular formula is C9H11N3O2. The van der Waals surface area contributed by atoms with Crippen LogP contribution in [0.1, 0.15) is 11.1 Å². The second kappa shape index (κ2) is 2.88. The molecule has 0 radical (unpaired) electrons. The van der Waals surface area contributed by atoms with Crippen LogP contribution in [0.2, 0.25) is 0 Å². The van der Waals surface area contributed by atoms with E-state index in [9.17, 15) is 10.0 Å². The molecule has 0 aliphatic carbocycles. The zero-order valence-electron chi connectivity index (χ0n) is 7.74. The highest BCUT2D eigenvalue weighted by molar-refractivity contribution is 5.93. The number of aryl methyl sites for hydroxylation is 1. The largest absolute Gasteiger partial charge is 0.398 e. The first-order valence-corrected chi connectivity index (χ1v) is 4.24. The van der Waals surface area contributed by atoms with Crippen LogP contribution in [-0.2, 0) is 6.54 Å². The van der Waals surface area contributed by atoms with Crippen molar-refractivity contribution in [1.29, 1.82) is 0 Å². The van der Waals surface area contributed by atoms with E-state index < -0.39 is 6.03 Å². The summed E-state index contributed by atoms with van der Waals surface area (Å²) in [5, 5.41) is 12.3. The Bertz CT molecular complexity index is 403. The molecule has 1 aliphatic rings. The van der Waals surface area contributed by atoms with Crippen molar-refractivity contribution in [2.45, 2.75) is 13.5 Å². The van der Waals surface area contributed by atoms with Gasteiger partial charge in [-0.15, -0.1) is 0 Å². The van der Waals surface area contributed by atoms with Crippen LogP contribution in [0.3, 0.4) is 0 Å². The average molecular weight is 193 g/mol. The number of benzene rings is 1. The summed E-state index contributed by atoms with van der Waals surface area (Å²) >= 11 is 0. The Morgan fingerprint density at radius 1 is 1.57 bits per heavy atom. The van der Waals surface area contributed by atoms with Crippen LogP contribution in [0.15, 0.2) is 12.1 Å². The fraction of sp³-hybridized carbons (Fsp3) is 0.222. The molecule has 0 unspecified atom stereocenters. The summed E-state index contributed by atoms with van der Waals surface area (Å²) in [7, 11) is 0. The quantitative estimate of drug-likeness (QED) is 0.429. The number of fused-ring (bicyclic) bond motifs is 1. The van der Waals surface area contributed by atoms with Gasteiger partial charge in [0, 0.05) is 16.9 Å². The molecule has 0 fully saturated rings. The number of nitrogens with one attached hydrogen (secondary N) is 1. The summed E-state index contributed by atoms with van der Waals surface area (Å²) in [5.74, 6) is 0. The molecule has 2 amide bonds. The first kappa shape index (κ1) is 8.83. The number of hydrogen-bond acceptors (Lipinski definition) is 3. The van der Waals surface area contributed by atoms with Gasteiger partial charge in [0.15, 0.2) is 0 Å². The first-order valence-electron chi connectivity index (χ1n) is 4.24. The molecule has 2 rings (SSSR count). The lowest BCUT2D eigenvalue weighted by Crippen LogP contribution is -2.36. The van der Waals surface area contributed by atoms with Crippen molar-refractivity contribution in [2.75, 3.05) is 11.1 Å². The van der Waals surface area contributed by atoms with E-state index in [0.717, 1.165) is 11.1 Å². The number of hydrogen-bond donors (Lipinski definition) is 3. The molecule has 74 valence electrons. The Morgan fingerprint density at radius 3 is 3.00 bits per heavy atom.